The Bertz CT molecular complexity index is 806. The van der Waals surface area contributed by atoms with Crippen LogP contribution in [0.5, 0.6) is 0 Å². The molecule has 4 nitrogen and oxygen atoms in total. The van der Waals surface area contributed by atoms with Gasteiger partial charge in [0.25, 0.3) is 5.91 Å². The number of carbonyl (C=O) groups is 1. The van der Waals surface area contributed by atoms with Gasteiger partial charge in [0.2, 0.25) is 0 Å². The number of amides is 1. The highest BCUT2D eigenvalue weighted by atomic mass is 79.9. The lowest BCUT2D eigenvalue weighted by molar-refractivity contribution is -0.143. The maximum absolute atomic E-state index is 12.9. The summed E-state index contributed by atoms with van der Waals surface area (Å²) >= 11 is 2.85. The molecule has 1 aromatic carbocycles. The highest BCUT2D eigenvalue weighted by Crippen LogP contribution is 2.38. The van der Waals surface area contributed by atoms with Crippen molar-refractivity contribution in [2.24, 2.45) is 5.73 Å². The van der Waals surface area contributed by atoms with Crippen molar-refractivity contribution in [3.63, 3.8) is 0 Å². The Labute approximate surface area is 145 Å². The van der Waals surface area contributed by atoms with Crippen LogP contribution in [0.4, 0.5) is 26.3 Å². The van der Waals surface area contributed by atoms with E-state index in [2.05, 4.69) is 21.0 Å². The molecule has 0 unspecified atom stereocenters. The quantitative estimate of drug-likeness (QED) is 0.587. The summed E-state index contributed by atoms with van der Waals surface area (Å²) in [5, 5.41) is 3.74. The number of rotatable bonds is 3. The SMILES string of the molecule is NC(=O)/C(Br)=C/n1cc(-c2cc(C(F)(F)F)cc(C(F)(F)F)c2)cn1. The van der Waals surface area contributed by atoms with Crippen molar-refractivity contribution in [1.29, 1.82) is 0 Å². The van der Waals surface area contributed by atoms with E-state index in [0.29, 0.717) is 12.1 Å². The summed E-state index contributed by atoms with van der Waals surface area (Å²) in [6.45, 7) is 0. The van der Waals surface area contributed by atoms with E-state index >= 15 is 0 Å². The monoisotopic (exact) mass is 427 g/mol. The Morgan fingerprint density at radius 3 is 2.00 bits per heavy atom. The van der Waals surface area contributed by atoms with Crippen LogP contribution in [-0.2, 0) is 17.1 Å². The summed E-state index contributed by atoms with van der Waals surface area (Å²) in [6.07, 6.45) is -6.56. The molecule has 0 saturated heterocycles. The van der Waals surface area contributed by atoms with E-state index in [4.69, 9.17) is 5.73 Å². The fourth-order valence-electron chi connectivity index (χ4n) is 1.86. The molecule has 0 radical (unpaired) electrons. The minimum absolute atomic E-state index is 0.00220. The van der Waals surface area contributed by atoms with Gasteiger partial charge in [-0.05, 0) is 39.7 Å². The molecule has 0 saturated carbocycles. The molecule has 1 heterocycles. The maximum atomic E-state index is 12.9. The van der Waals surface area contributed by atoms with Crippen LogP contribution in [0.3, 0.4) is 0 Å². The number of hydrogen-bond acceptors (Lipinski definition) is 2. The van der Waals surface area contributed by atoms with Gasteiger partial charge in [0.15, 0.2) is 0 Å². The zero-order chi connectivity index (χ0) is 19.0. The fourth-order valence-corrected chi connectivity index (χ4v) is 2.07. The molecular formula is C14H8BrF6N3O. The molecule has 25 heavy (non-hydrogen) atoms. The van der Waals surface area contributed by atoms with Crippen LogP contribution in [-0.4, -0.2) is 15.7 Å². The summed E-state index contributed by atoms with van der Waals surface area (Å²) in [5.74, 6) is -0.824. The van der Waals surface area contributed by atoms with Gasteiger partial charge in [0, 0.05) is 18.0 Å². The van der Waals surface area contributed by atoms with Crippen LogP contribution >= 0.6 is 15.9 Å². The Hall–Kier alpha value is -2.30. The lowest BCUT2D eigenvalue weighted by Gasteiger charge is -2.13. The van der Waals surface area contributed by atoms with Crippen molar-refractivity contribution < 1.29 is 31.1 Å². The van der Waals surface area contributed by atoms with E-state index < -0.39 is 29.4 Å². The standard InChI is InChI=1S/C14H8BrF6N3O/c15-11(12(22)25)6-24-5-8(4-23-24)7-1-9(13(16,17)18)3-10(2-7)14(19,20)21/h1-6H,(H2,22,25)/b11-6-. The van der Waals surface area contributed by atoms with E-state index in [0.717, 1.165) is 23.3 Å². The van der Waals surface area contributed by atoms with Crippen molar-refractivity contribution >= 4 is 28.0 Å². The average molecular weight is 428 g/mol. The van der Waals surface area contributed by atoms with Gasteiger partial charge in [0.05, 0.1) is 17.3 Å². The summed E-state index contributed by atoms with van der Waals surface area (Å²) in [6, 6.07) is 1.21. The predicted octanol–water partition coefficient (Wildman–Crippen LogP) is 4.27. The third kappa shape index (κ3) is 4.62. The maximum Gasteiger partial charge on any atom is 0.416 e. The minimum Gasteiger partial charge on any atom is -0.365 e. The first-order valence-corrected chi connectivity index (χ1v) is 7.18. The Morgan fingerprint density at radius 2 is 1.56 bits per heavy atom. The predicted molar refractivity (Wildman–Crippen MR) is 80.1 cm³/mol. The molecule has 0 atom stereocenters. The first-order chi connectivity index (χ1) is 11.4. The lowest BCUT2D eigenvalue weighted by Crippen LogP contribution is -2.11. The Balaban J connectivity index is 2.54. The fraction of sp³-hybridized carbons (Fsp3) is 0.143. The van der Waals surface area contributed by atoms with Crippen LogP contribution < -0.4 is 5.73 Å². The first-order valence-electron chi connectivity index (χ1n) is 6.39. The van der Waals surface area contributed by atoms with Gasteiger partial charge in [-0.15, -0.1) is 0 Å². The van der Waals surface area contributed by atoms with Gasteiger partial charge in [-0.1, -0.05) is 0 Å². The second-order valence-electron chi connectivity index (χ2n) is 4.84. The zero-order valence-electron chi connectivity index (χ0n) is 12.0. The van der Waals surface area contributed by atoms with E-state index in [9.17, 15) is 31.1 Å². The number of aromatic nitrogens is 2. The largest absolute Gasteiger partial charge is 0.416 e. The molecule has 134 valence electrons. The highest BCUT2D eigenvalue weighted by Gasteiger charge is 2.37. The van der Waals surface area contributed by atoms with Crippen LogP contribution in [0.2, 0.25) is 0 Å². The van der Waals surface area contributed by atoms with Crippen molar-refractivity contribution in [3.05, 3.63) is 46.2 Å². The van der Waals surface area contributed by atoms with Gasteiger partial charge in [-0.25, -0.2) is 4.68 Å². The topological polar surface area (TPSA) is 60.9 Å². The molecule has 2 N–H and O–H groups in total. The molecule has 1 aromatic heterocycles. The van der Waals surface area contributed by atoms with Gasteiger partial charge in [-0.3, -0.25) is 4.79 Å². The average Bonchev–Trinajstić information content (AvgIpc) is 2.93. The number of benzene rings is 1. The number of hydrogen-bond donors (Lipinski definition) is 1. The zero-order valence-corrected chi connectivity index (χ0v) is 13.6. The number of primary amides is 1. The molecule has 1 amide bonds. The normalized spacial score (nSPS) is 13.2. The van der Waals surface area contributed by atoms with Gasteiger partial charge >= 0.3 is 12.4 Å². The Morgan fingerprint density at radius 1 is 1.04 bits per heavy atom. The smallest absolute Gasteiger partial charge is 0.365 e. The summed E-state index contributed by atoms with van der Waals surface area (Å²) in [4.78, 5) is 10.9. The van der Waals surface area contributed by atoms with Crippen molar-refractivity contribution in [2.45, 2.75) is 12.4 Å². The lowest BCUT2D eigenvalue weighted by atomic mass is 10.0. The van der Waals surface area contributed by atoms with Crippen LogP contribution in [0, 0.1) is 0 Å². The van der Waals surface area contributed by atoms with Crippen molar-refractivity contribution in [2.75, 3.05) is 0 Å². The highest BCUT2D eigenvalue weighted by molar-refractivity contribution is 9.12. The number of halogens is 7. The van der Waals surface area contributed by atoms with E-state index in [1.54, 1.807) is 0 Å². The molecule has 0 bridgehead atoms. The Kier molecular flexibility index (Phi) is 4.98. The molecule has 11 heteroatoms. The van der Waals surface area contributed by atoms with Crippen LogP contribution in [0.1, 0.15) is 11.1 Å². The molecule has 0 aliphatic carbocycles. The molecular weight excluding hydrogens is 420 g/mol. The van der Waals surface area contributed by atoms with Crippen LogP contribution in [0.25, 0.3) is 17.3 Å². The van der Waals surface area contributed by atoms with E-state index in [-0.39, 0.29) is 21.7 Å². The molecule has 0 fully saturated rings. The summed E-state index contributed by atoms with van der Waals surface area (Å²) < 4.78 is 78.1. The van der Waals surface area contributed by atoms with E-state index in [1.165, 1.54) is 0 Å². The summed E-state index contributed by atoms with van der Waals surface area (Å²) in [7, 11) is 0. The third-order valence-corrected chi connectivity index (χ3v) is 3.60. The van der Waals surface area contributed by atoms with Gasteiger partial charge in [0.1, 0.15) is 4.48 Å². The number of alkyl halides is 6. The first kappa shape index (κ1) is 19.0. The van der Waals surface area contributed by atoms with Gasteiger partial charge in [-0.2, -0.15) is 31.4 Å². The third-order valence-electron chi connectivity index (χ3n) is 3.00. The summed E-state index contributed by atoms with van der Waals surface area (Å²) in [5.41, 5.74) is 1.80. The second kappa shape index (κ2) is 6.54. The molecule has 0 spiro atoms. The number of nitrogens with zero attached hydrogens (tertiary/aromatic N) is 2. The second-order valence-corrected chi connectivity index (χ2v) is 5.70. The molecule has 2 aromatic rings. The van der Waals surface area contributed by atoms with Crippen molar-refractivity contribution in [1.82, 2.24) is 9.78 Å². The van der Waals surface area contributed by atoms with Gasteiger partial charge < -0.3 is 5.73 Å². The number of carbonyl (C=O) groups excluding carboxylic acids is 1. The molecule has 2 rings (SSSR count). The minimum atomic E-state index is -4.94. The molecule has 0 aliphatic rings. The van der Waals surface area contributed by atoms with Crippen molar-refractivity contribution in [3.8, 4) is 11.1 Å². The van der Waals surface area contributed by atoms with E-state index in [1.807, 2.05) is 0 Å². The number of nitrogens with two attached hydrogens (primary N) is 1. The molecule has 0 aliphatic heterocycles. The van der Waals surface area contributed by atoms with Crippen LogP contribution in [0.15, 0.2) is 35.1 Å².